The van der Waals surface area contributed by atoms with Gasteiger partial charge < -0.3 is 10.2 Å². The molecule has 1 aromatic carbocycles. The second-order valence-corrected chi connectivity index (χ2v) is 6.35. The van der Waals surface area contributed by atoms with E-state index in [-0.39, 0.29) is 29.3 Å². The Morgan fingerprint density at radius 2 is 2.00 bits per heavy atom. The molecule has 0 spiro atoms. The molecule has 1 unspecified atom stereocenters. The van der Waals surface area contributed by atoms with Gasteiger partial charge in [-0.05, 0) is 32.0 Å². The van der Waals surface area contributed by atoms with Gasteiger partial charge in [-0.3, -0.25) is 14.9 Å². The van der Waals surface area contributed by atoms with Gasteiger partial charge in [-0.25, -0.2) is 0 Å². The first kappa shape index (κ1) is 18.7. The first-order valence-corrected chi connectivity index (χ1v) is 7.86. The van der Waals surface area contributed by atoms with E-state index in [1.807, 2.05) is 11.8 Å². The van der Waals surface area contributed by atoms with E-state index >= 15 is 0 Å². The smallest absolute Gasteiger partial charge is 0.269 e. The number of rotatable bonds is 4. The third-order valence-corrected chi connectivity index (χ3v) is 4.46. The molecule has 1 heterocycles. The van der Waals surface area contributed by atoms with E-state index in [2.05, 4.69) is 5.32 Å². The molecule has 6 nitrogen and oxygen atoms in total. The van der Waals surface area contributed by atoms with E-state index in [0.29, 0.717) is 0 Å². The molecule has 0 aliphatic carbocycles. The third-order valence-electron chi connectivity index (χ3n) is 3.36. The van der Waals surface area contributed by atoms with Crippen molar-refractivity contribution in [2.45, 2.75) is 23.5 Å². The molecule has 122 valence electrons. The molecule has 1 aliphatic rings. The van der Waals surface area contributed by atoms with Gasteiger partial charge in [0.25, 0.3) is 5.69 Å². The minimum Gasteiger partial charge on any atom is -0.340 e. The highest BCUT2D eigenvalue weighted by atomic mass is 35.5. The average Bonchev–Trinajstić information content (AvgIpc) is 2.76. The molecule has 0 bridgehead atoms. The molecule has 1 N–H and O–H groups in total. The van der Waals surface area contributed by atoms with Crippen molar-refractivity contribution in [1.82, 2.24) is 10.2 Å². The van der Waals surface area contributed by atoms with E-state index in [0.717, 1.165) is 37.5 Å². The lowest BCUT2D eigenvalue weighted by molar-refractivity contribution is -0.384. The number of non-ortho nitro benzene ring substituents is 1. The molecule has 22 heavy (non-hydrogen) atoms. The van der Waals surface area contributed by atoms with Crippen LogP contribution in [0.4, 0.5) is 5.69 Å². The molecule has 1 aromatic rings. The number of halogens is 1. The zero-order valence-corrected chi connectivity index (χ0v) is 14.0. The maximum absolute atomic E-state index is 12.4. The third kappa shape index (κ3) is 5.15. The average molecular weight is 346 g/mol. The van der Waals surface area contributed by atoms with Crippen molar-refractivity contribution in [3.8, 4) is 0 Å². The largest absolute Gasteiger partial charge is 0.340 e. The monoisotopic (exact) mass is 345 g/mol. The van der Waals surface area contributed by atoms with E-state index in [1.165, 1.54) is 23.9 Å². The molecule has 1 atom stereocenters. The van der Waals surface area contributed by atoms with E-state index < -0.39 is 4.92 Å². The molecule has 0 aromatic heterocycles. The summed E-state index contributed by atoms with van der Waals surface area (Å²) in [5.74, 6) is 0.127. The van der Waals surface area contributed by atoms with Gasteiger partial charge in [-0.1, -0.05) is 0 Å². The highest BCUT2D eigenvalue weighted by molar-refractivity contribution is 8.00. The Balaban J connectivity index is 0.00000242. The maximum atomic E-state index is 12.4. The second-order valence-electron chi connectivity index (χ2n) is 4.94. The van der Waals surface area contributed by atoms with Gasteiger partial charge in [0.2, 0.25) is 5.91 Å². The Morgan fingerprint density at radius 3 is 2.64 bits per heavy atom. The van der Waals surface area contributed by atoms with Crippen LogP contribution in [0.3, 0.4) is 0 Å². The lowest BCUT2D eigenvalue weighted by Gasteiger charge is -2.23. The van der Waals surface area contributed by atoms with Crippen LogP contribution < -0.4 is 5.32 Å². The van der Waals surface area contributed by atoms with Crippen LogP contribution in [0.5, 0.6) is 0 Å². The fourth-order valence-electron chi connectivity index (χ4n) is 2.22. The summed E-state index contributed by atoms with van der Waals surface area (Å²) in [4.78, 5) is 25.4. The van der Waals surface area contributed by atoms with Gasteiger partial charge >= 0.3 is 0 Å². The van der Waals surface area contributed by atoms with Crippen molar-refractivity contribution in [3.05, 3.63) is 34.4 Å². The standard InChI is InChI=1S/C14H19N3O3S.ClH/c1-11(14(18)16-9-2-7-15-8-10-16)21-13-5-3-12(4-6-13)17(19)20;/h3-6,11,15H,2,7-10H2,1H3;1H. The Kier molecular flexibility index (Phi) is 7.64. The number of nitro benzene ring substituents is 1. The molecule has 1 saturated heterocycles. The summed E-state index contributed by atoms with van der Waals surface area (Å²) in [7, 11) is 0. The van der Waals surface area contributed by atoms with Crippen LogP contribution in [-0.4, -0.2) is 47.2 Å². The summed E-state index contributed by atoms with van der Waals surface area (Å²) in [5, 5.41) is 13.7. The van der Waals surface area contributed by atoms with Gasteiger partial charge in [-0.15, -0.1) is 24.2 Å². The summed E-state index contributed by atoms with van der Waals surface area (Å²) in [6, 6.07) is 6.32. The molecule has 1 aliphatic heterocycles. The number of nitrogens with zero attached hydrogens (tertiary/aromatic N) is 2. The Morgan fingerprint density at radius 1 is 1.32 bits per heavy atom. The van der Waals surface area contributed by atoms with E-state index in [9.17, 15) is 14.9 Å². The topological polar surface area (TPSA) is 75.5 Å². The van der Waals surface area contributed by atoms with Gasteiger partial charge in [0.15, 0.2) is 0 Å². The van der Waals surface area contributed by atoms with Crippen LogP contribution in [0, 0.1) is 10.1 Å². The van der Waals surface area contributed by atoms with Crippen molar-refractivity contribution in [3.63, 3.8) is 0 Å². The molecule has 0 radical (unpaired) electrons. The number of hydrogen-bond donors (Lipinski definition) is 1. The quantitative estimate of drug-likeness (QED) is 0.515. The molecule has 0 saturated carbocycles. The molecule has 1 fully saturated rings. The van der Waals surface area contributed by atoms with Crippen LogP contribution in [-0.2, 0) is 4.79 Å². The summed E-state index contributed by atoms with van der Waals surface area (Å²) in [6.45, 7) is 5.20. The van der Waals surface area contributed by atoms with Crippen LogP contribution in [0.1, 0.15) is 13.3 Å². The Bertz CT molecular complexity index is 505. The summed E-state index contributed by atoms with van der Waals surface area (Å²) in [6.07, 6.45) is 0.973. The van der Waals surface area contributed by atoms with Gasteiger partial charge in [0.1, 0.15) is 0 Å². The number of hydrogen-bond acceptors (Lipinski definition) is 5. The van der Waals surface area contributed by atoms with Crippen LogP contribution in [0.15, 0.2) is 29.2 Å². The van der Waals surface area contributed by atoms with Gasteiger partial charge in [0, 0.05) is 36.7 Å². The molecular formula is C14H20ClN3O3S. The number of carbonyl (C=O) groups excluding carboxylic acids is 1. The van der Waals surface area contributed by atoms with Crippen molar-refractivity contribution in [1.29, 1.82) is 0 Å². The first-order valence-electron chi connectivity index (χ1n) is 6.98. The van der Waals surface area contributed by atoms with Crippen molar-refractivity contribution >= 4 is 35.8 Å². The lowest BCUT2D eigenvalue weighted by Crippen LogP contribution is -2.38. The number of benzene rings is 1. The number of thioether (sulfide) groups is 1. The van der Waals surface area contributed by atoms with Gasteiger partial charge in [-0.2, -0.15) is 0 Å². The summed E-state index contributed by atoms with van der Waals surface area (Å²) in [5.41, 5.74) is 0.0666. The fourth-order valence-corrected chi connectivity index (χ4v) is 3.18. The predicted octanol–water partition coefficient (Wildman–Crippen LogP) is 2.32. The zero-order chi connectivity index (χ0) is 15.2. The molecule has 2 rings (SSSR count). The summed E-state index contributed by atoms with van der Waals surface area (Å²) < 4.78 is 0. The number of nitro groups is 1. The molecular weight excluding hydrogens is 326 g/mol. The minimum atomic E-state index is -0.423. The van der Waals surface area contributed by atoms with Crippen molar-refractivity contribution < 1.29 is 9.72 Å². The SMILES string of the molecule is CC(Sc1ccc([N+](=O)[O-])cc1)C(=O)N1CCCNCC1.Cl. The Hall–Kier alpha value is -1.31. The minimum absolute atomic E-state index is 0. The molecule has 8 heteroatoms. The Labute approximate surface area is 140 Å². The van der Waals surface area contributed by atoms with Crippen LogP contribution in [0.2, 0.25) is 0 Å². The lowest BCUT2D eigenvalue weighted by atomic mass is 10.3. The van der Waals surface area contributed by atoms with Gasteiger partial charge in [0.05, 0.1) is 10.2 Å². The second kappa shape index (κ2) is 8.97. The zero-order valence-electron chi connectivity index (χ0n) is 12.4. The maximum Gasteiger partial charge on any atom is 0.269 e. The first-order chi connectivity index (χ1) is 10.1. The number of carbonyl (C=O) groups is 1. The van der Waals surface area contributed by atoms with Crippen LogP contribution in [0.25, 0.3) is 0 Å². The van der Waals surface area contributed by atoms with E-state index in [4.69, 9.17) is 0 Å². The van der Waals surface area contributed by atoms with E-state index in [1.54, 1.807) is 12.1 Å². The number of nitrogens with one attached hydrogen (secondary N) is 1. The van der Waals surface area contributed by atoms with Crippen LogP contribution >= 0.6 is 24.2 Å². The normalized spacial score (nSPS) is 16.3. The highest BCUT2D eigenvalue weighted by Gasteiger charge is 2.22. The predicted molar refractivity (Wildman–Crippen MR) is 89.7 cm³/mol. The highest BCUT2D eigenvalue weighted by Crippen LogP contribution is 2.26. The summed E-state index contributed by atoms with van der Waals surface area (Å²) >= 11 is 1.44. The van der Waals surface area contributed by atoms with Crippen molar-refractivity contribution in [2.75, 3.05) is 26.2 Å². The fraction of sp³-hybridized carbons (Fsp3) is 0.500. The van der Waals surface area contributed by atoms with Crippen molar-refractivity contribution in [2.24, 2.45) is 0 Å². The number of amides is 1. The molecule has 1 amide bonds.